The molecule has 7 aromatic carbocycles. The zero-order chi connectivity index (χ0) is 29.9. The number of rotatable bonds is 6. The van der Waals surface area contributed by atoms with E-state index in [4.69, 9.17) is 0 Å². The van der Waals surface area contributed by atoms with Gasteiger partial charge in [0.15, 0.2) is 0 Å². The van der Waals surface area contributed by atoms with Crippen LogP contribution < -0.4 is 9.80 Å². The fraction of sp³-hybridized carbons (Fsp3) is 0. The van der Waals surface area contributed by atoms with Crippen LogP contribution in [0.15, 0.2) is 158 Å². The Hall–Kier alpha value is -6.36. The van der Waals surface area contributed by atoms with Crippen LogP contribution in [0.3, 0.4) is 0 Å². The standard InChI is InChI=1S/C40H26N4/c41-27-33-13-5-7-15-39(33)44(40-16-8-6-14-34(40)28-42)36-23-21-35(22-24-36)43(37-19-17-29-9-1-3-11-31(29)25-37)38-20-18-30-10-2-4-12-32(30)26-38/h1-26H. The summed E-state index contributed by atoms with van der Waals surface area (Å²) in [6, 6.07) is 57.7. The summed E-state index contributed by atoms with van der Waals surface area (Å²) in [6.07, 6.45) is 0. The van der Waals surface area contributed by atoms with Crippen molar-refractivity contribution in [2.45, 2.75) is 0 Å². The number of hydrogen-bond acceptors (Lipinski definition) is 4. The Balaban J connectivity index is 1.39. The molecule has 0 aromatic heterocycles. The Labute approximate surface area is 256 Å². The van der Waals surface area contributed by atoms with Gasteiger partial charge in [-0.25, -0.2) is 0 Å². The van der Waals surface area contributed by atoms with Crippen molar-refractivity contribution < 1.29 is 0 Å². The molecule has 0 saturated heterocycles. The van der Waals surface area contributed by atoms with Crippen LogP contribution in [0.5, 0.6) is 0 Å². The van der Waals surface area contributed by atoms with Gasteiger partial charge < -0.3 is 9.80 Å². The van der Waals surface area contributed by atoms with Gasteiger partial charge in [-0.05, 0) is 94.3 Å². The van der Waals surface area contributed by atoms with Gasteiger partial charge in [-0.1, -0.05) is 84.9 Å². The SMILES string of the molecule is N#Cc1ccccc1N(c1ccc(N(c2ccc3ccccc3c2)c2ccc3ccccc3c2)cc1)c1ccccc1C#N. The van der Waals surface area contributed by atoms with Crippen LogP contribution in [0, 0.1) is 22.7 Å². The number of benzene rings is 7. The van der Waals surface area contributed by atoms with E-state index >= 15 is 0 Å². The van der Waals surface area contributed by atoms with Crippen LogP contribution in [0.4, 0.5) is 34.1 Å². The first-order valence-electron chi connectivity index (χ1n) is 14.4. The fourth-order valence-corrected chi connectivity index (χ4v) is 5.76. The summed E-state index contributed by atoms with van der Waals surface area (Å²) in [5.74, 6) is 0. The minimum Gasteiger partial charge on any atom is -0.310 e. The van der Waals surface area contributed by atoms with Crippen LogP contribution in [0.25, 0.3) is 21.5 Å². The highest BCUT2D eigenvalue weighted by molar-refractivity contribution is 5.93. The summed E-state index contributed by atoms with van der Waals surface area (Å²) >= 11 is 0. The van der Waals surface area contributed by atoms with Gasteiger partial charge in [0.2, 0.25) is 0 Å². The molecule has 0 fully saturated rings. The van der Waals surface area contributed by atoms with Crippen molar-refractivity contribution >= 4 is 55.7 Å². The first kappa shape index (κ1) is 26.5. The van der Waals surface area contributed by atoms with Gasteiger partial charge in [-0.3, -0.25) is 0 Å². The normalized spacial score (nSPS) is 10.7. The van der Waals surface area contributed by atoms with Crippen molar-refractivity contribution in [1.82, 2.24) is 0 Å². The second-order valence-corrected chi connectivity index (χ2v) is 10.5. The average Bonchev–Trinajstić information content (AvgIpc) is 3.09. The third kappa shape index (κ3) is 4.88. The van der Waals surface area contributed by atoms with E-state index in [2.05, 4.69) is 114 Å². The number of nitrogens with zero attached hydrogens (tertiary/aromatic N) is 4. The number of para-hydroxylation sites is 2. The quantitative estimate of drug-likeness (QED) is 0.202. The first-order chi connectivity index (χ1) is 21.7. The molecule has 0 atom stereocenters. The maximum Gasteiger partial charge on any atom is 0.101 e. The summed E-state index contributed by atoms with van der Waals surface area (Å²) in [6.45, 7) is 0. The van der Waals surface area contributed by atoms with Crippen molar-refractivity contribution in [3.8, 4) is 12.1 Å². The number of nitriles is 2. The van der Waals surface area contributed by atoms with Gasteiger partial charge >= 0.3 is 0 Å². The van der Waals surface area contributed by atoms with Crippen molar-refractivity contribution in [2.75, 3.05) is 9.80 Å². The van der Waals surface area contributed by atoms with E-state index in [9.17, 15) is 10.5 Å². The van der Waals surface area contributed by atoms with Crippen molar-refractivity contribution in [2.24, 2.45) is 0 Å². The average molecular weight is 563 g/mol. The molecular weight excluding hydrogens is 536 g/mol. The van der Waals surface area contributed by atoms with Crippen LogP contribution in [-0.2, 0) is 0 Å². The molecule has 206 valence electrons. The lowest BCUT2D eigenvalue weighted by Gasteiger charge is -2.29. The Morgan fingerprint density at radius 3 is 1.16 bits per heavy atom. The summed E-state index contributed by atoms with van der Waals surface area (Å²) in [5, 5.41) is 24.6. The highest BCUT2D eigenvalue weighted by Crippen LogP contribution is 2.41. The van der Waals surface area contributed by atoms with Crippen LogP contribution in [0.2, 0.25) is 0 Å². The van der Waals surface area contributed by atoms with Gasteiger partial charge in [0, 0.05) is 22.7 Å². The second kappa shape index (κ2) is 11.5. The van der Waals surface area contributed by atoms with E-state index < -0.39 is 0 Å². The number of anilines is 6. The molecule has 0 aliphatic rings. The summed E-state index contributed by atoms with van der Waals surface area (Å²) in [5.41, 5.74) is 6.41. The molecule has 0 bridgehead atoms. The van der Waals surface area contributed by atoms with E-state index in [1.807, 2.05) is 53.4 Å². The Morgan fingerprint density at radius 1 is 0.341 bits per heavy atom. The van der Waals surface area contributed by atoms with Crippen LogP contribution in [0.1, 0.15) is 11.1 Å². The van der Waals surface area contributed by atoms with Gasteiger partial charge in [0.25, 0.3) is 0 Å². The summed E-state index contributed by atoms with van der Waals surface area (Å²) < 4.78 is 0. The maximum atomic E-state index is 9.96. The molecule has 0 aliphatic heterocycles. The lowest BCUT2D eigenvalue weighted by atomic mass is 10.1. The van der Waals surface area contributed by atoms with E-state index in [0.29, 0.717) is 22.5 Å². The largest absolute Gasteiger partial charge is 0.310 e. The van der Waals surface area contributed by atoms with Crippen molar-refractivity contribution in [3.63, 3.8) is 0 Å². The smallest absolute Gasteiger partial charge is 0.101 e. The third-order valence-corrected chi connectivity index (χ3v) is 7.88. The molecule has 44 heavy (non-hydrogen) atoms. The minimum atomic E-state index is 0.526. The fourth-order valence-electron chi connectivity index (χ4n) is 5.76. The monoisotopic (exact) mass is 562 g/mol. The lowest BCUT2D eigenvalue weighted by molar-refractivity contribution is 1.24. The topological polar surface area (TPSA) is 54.1 Å². The Bertz CT molecular complexity index is 2080. The molecule has 0 spiro atoms. The van der Waals surface area contributed by atoms with Gasteiger partial charge in [-0.15, -0.1) is 0 Å². The number of hydrogen-bond donors (Lipinski definition) is 0. The van der Waals surface area contributed by atoms with Gasteiger partial charge in [0.05, 0.1) is 22.5 Å². The van der Waals surface area contributed by atoms with E-state index in [1.54, 1.807) is 12.1 Å². The molecule has 4 heteroatoms. The van der Waals surface area contributed by atoms with Crippen molar-refractivity contribution in [3.05, 3.63) is 169 Å². The molecular formula is C40H26N4. The zero-order valence-electron chi connectivity index (χ0n) is 23.8. The molecule has 0 heterocycles. The van der Waals surface area contributed by atoms with Crippen LogP contribution in [-0.4, -0.2) is 0 Å². The predicted octanol–water partition coefficient (Wildman–Crippen LogP) is 10.7. The Morgan fingerprint density at radius 2 is 0.705 bits per heavy atom. The predicted molar refractivity (Wildman–Crippen MR) is 180 cm³/mol. The Kier molecular flexibility index (Phi) is 6.93. The third-order valence-electron chi connectivity index (χ3n) is 7.88. The number of fused-ring (bicyclic) bond motifs is 2. The molecule has 0 aliphatic carbocycles. The lowest BCUT2D eigenvalue weighted by Crippen LogP contribution is -2.14. The molecule has 0 N–H and O–H groups in total. The molecule has 0 saturated carbocycles. The summed E-state index contributed by atoms with van der Waals surface area (Å²) in [4.78, 5) is 4.25. The highest BCUT2D eigenvalue weighted by Gasteiger charge is 2.20. The van der Waals surface area contributed by atoms with Crippen molar-refractivity contribution in [1.29, 1.82) is 10.5 Å². The molecule has 4 nitrogen and oxygen atoms in total. The molecule has 0 unspecified atom stereocenters. The second-order valence-electron chi connectivity index (χ2n) is 10.5. The highest BCUT2D eigenvalue weighted by atomic mass is 15.2. The minimum absolute atomic E-state index is 0.526. The molecule has 7 rings (SSSR count). The van der Waals surface area contributed by atoms with E-state index in [0.717, 1.165) is 22.7 Å². The first-order valence-corrected chi connectivity index (χ1v) is 14.4. The van der Waals surface area contributed by atoms with Gasteiger partial charge in [0.1, 0.15) is 12.1 Å². The molecule has 0 radical (unpaired) electrons. The van der Waals surface area contributed by atoms with Crippen LogP contribution >= 0.6 is 0 Å². The van der Waals surface area contributed by atoms with E-state index in [1.165, 1.54) is 21.5 Å². The molecule has 0 amide bonds. The maximum absolute atomic E-state index is 9.96. The molecule has 7 aromatic rings. The van der Waals surface area contributed by atoms with E-state index in [-0.39, 0.29) is 0 Å². The van der Waals surface area contributed by atoms with Gasteiger partial charge in [-0.2, -0.15) is 10.5 Å². The zero-order valence-corrected chi connectivity index (χ0v) is 23.8. The summed E-state index contributed by atoms with van der Waals surface area (Å²) in [7, 11) is 0.